The van der Waals surface area contributed by atoms with Crippen molar-refractivity contribution in [1.82, 2.24) is 16.0 Å². The zero-order valence-electron chi connectivity index (χ0n) is 16.3. The SMILES string of the molecule is CCNC(=NCCNC(=O)OC(C)(C)C)NC1CC1c1ccccc1F.I. The molecule has 1 fully saturated rings. The molecule has 8 heteroatoms. The smallest absolute Gasteiger partial charge is 0.407 e. The number of nitrogens with one attached hydrogen (secondary N) is 3. The van der Waals surface area contributed by atoms with E-state index in [1.54, 1.807) is 6.07 Å². The molecule has 1 aromatic rings. The fraction of sp³-hybridized carbons (Fsp3) is 0.579. The molecule has 6 nitrogen and oxygen atoms in total. The van der Waals surface area contributed by atoms with Crippen LogP contribution in [0, 0.1) is 5.82 Å². The summed E-state index contributed by atoms with van der Waals surface area (Å²) in [6, 6.07) is 7.05. The van der Waals surface area contributed by atoms with Gasteiger partial charge in [0.1, 0.15) is 11.4 Å². The maximum Gasteiger partial charge on any atom is 0.407 e. The molecule has 0 aromatic heterocycles. The Balaban J connectivity index is 0.00000364. The number of rotatable bonds is 6. The topological polar surface area (TPSA) is 74.8 Å². The van der Waals surface area contributed by atoms with Gasteiger partial charge in [-0.05, 0) is 45.7 Å². The Kier molecular flexibility index (Phi) is 9.28. The van der Waals surface area contributed by atoms with Crippen molar-refractivity contribution in [2.24, 2.45) is 4.99 Å². The molecular weight excluding hydrogens is 462 g/mol. The highest BCUT2D eigenvalue weighted by molar-refractivity contribution is 14.0. The number of nitrogens with zero attached hydrogens (tertiary/aromatic N) is 1. The summed E-state index contributed by atoms with van der Waals surface area (Å²) in [7, 11) is 0. The molecule has 1 aliphatic carbocycles. The zero-order valence-corrected chi connectivity index (χ0v) is 18.7. The van der Waals surface area contributed by atoms with Crippen molar-refractivity contribution in [3.63, 3.8) is 0 Å². The minimum atomic E-state index is -0.516. The molecule has 27 heavy (non-hydrogen) atoms. The number of alkyl carbamates (subject to hydrolysis) is 1. The molecule has 0 spiro atoms. The Bertz CT molecular complexity index is 649. The van der Waals surface area contributed by atoms with Crippen molar-refractivity contribution >= 4 is 36.0 Å². The van der Waals surface area contributed by atoms with Gasteiger partial charge in [-0.15, -0.1) is 24.0 Å². The molecule has 0 radical (unpaired) electrons. The molecule has 0 bridgehead atoms. The van der Waals surface area contributed by atoms with E-state index >= 15 is 0 Å². The predicted octanol–water partition coefficient (Wildman–Crippen LogP) is 3.38. The number of halogens is 2. The van der Waals surface area contributed by atoms with Gasteiger partial charge in [-0.1, -0.05) is 18.2 Å². The predicted molar refractivity (Wildman–Crippen MR) is 116 cm³/mol. The third kappa shape index (κ3) is 8.32. The summed E-state index contributed by atoms with van der Waals surface area (Å²) in [6.07, 6.45) is 0.425. The average Bonchev–Trinajstić information content (AvgIpc) is 3.29. The normalized spacial score (nSPS) is 18.9. The number of hydrogen-bond donors (Lipinski definition) is 3. The molecular formula is C19H30FIN4O2. The maximum atomic E-state index is 13.9. The summed E-state index contributed by atoms with van der Waals surface area (Å²) in [5, 5.41) is 9.16. The van der Waals surface area contributed by atoms with Crippen LogP contribution >= 0.6 is 24.0 Å². The summed E-state index contributed by atoms with van der Waals surface area (Å²) >= 11 is 0. The second-order valence-electron chi connectivity index (χ2n) is 7.30. The van der Waals surface area contributed by atoms with Gasteiger partial charge in [0, 0.05) is 25.0 Å². The first-order valence-corrected chi connectivity index (χ1v) is 9.06. The summed E-state index contributed by atoms with van der Waals surface area (Å²) < 4.78 is 19.0. The lowest BCUT2D eigenvalue weighted by Crippen LogP contribution is -2.40. The number of guanidine groups is 1. The van der Waals surface area contributed by atoms with Crippen LogP contribution in [0.3, 0.4) is 0 Å². The van der Waals surface area contributed by atoms with Gasteiger partial charge in [-0.3, -0.25) is 4.99 Å². The first-order valence-electron chi connectivity index (χ1n) is 9.06. The first-order chi connectivity index (χ1) is 12.3. The number of hydrogen-bond acceptors (Lipinski definition) is 3. The van der Waals surface area contributed by atoms with Gasteiger partial charge in [0.25, 0.3) is 0 Å². The van der Waals surface area contributed by atoms with Crippen molar-refractivity contribution < 1.29 is 13.9 Å². The zero-order chi connectivity index (χ0) is 19.2. The molecule has 1 amide bonds. The highest BCUT2D eigenvalue weighted by Gasteiger charge is 2.40. The summed E-state index contributed by atoms with van der Waals surface area (Å²) in [5.41, 5.74) is 0.227. The molecule has 1 saturated carbocycles. The van der Waals surface area contributed by atoms with Gasteiger partial charge in [-0.25, -0.2) is 9.18 Å². The van der Waals surface area contributed by atoms with E-state index in [2.05, 4.69) is 20.9 Å². The van der Waals surface area contributed by atoms with E-state index in [1.165, 1.54) is 6.07 Å². The first kappa shape index (κ1) is 23.5. The van der Waals surface area contributed by atoms with E-state index in [1.807, 2.05) is 39.8 Å². The maximum absolute atomic E-state index is 13.9. The lowest BCUT2D eigenvalue weighted by atomic mass is 10.1. The minimum absolute atomic E-state index is 0. The molecule has 1 aromatic carbocycles. The number of carbonyl (C=O) groups is 1. The van der Waals surface area contributed by atoms with Gasteiger partial charge in [-0.2, -0.15) is 0 Å². The number of benzene rings is 1. The van der Waals surface area contributed by atoms with Crippen molar-refractivity contribution in [3.8, 4) is 0 Å². The van der Waals surface area contributed by atoms with Crippen LogP contribution in [0.25, 0.3) is 0 Å². The lowest BCUT2D eigenvalue weighted by molar-refractivity contribution is 0.0529. The van der Waals surface area contributed by atoms with Crippen molar-refractivity contribution in [1.29, 1.82) is 0 Å². The third-order valence-electron chi connectivity index (χ3n) is 3.81. The molecule has 0 aliphatic heterocycles. The quantitative estimate of drug-likeness (QED) is 0.247. The number of ether oxygens (including phenoxy) is 1. The Morgan fingerprint density at radius 3 is 2.63 bits per heavy atom. The summed E-state index contributed by atoms with van der Waals surface area (Å²) in [5.74, 6) is 0.674. The van der Waals surface area contributed by atoms with Crippen molar-refractivity contribution in [2.75, 3.05) is 19.6 Å². The second-order valence-corrected chi connectivity index (χ2v) is 7.30. The Morgan fingerprint density at radius 1 is 1.30 bits per heavy atom. The number of aliphatic imine (C=N–C) groups is 1. The Morgan fingerprint density at radius 2 is 2.00 bits per heavy atom. The summed E-state index contributed by atoms with van der Waals surface area (Å²) in [4.78, 5) is 16.0. The molecule has 2 atom stereocenters. The van der Waals surface area contributed by atoms with Crippen LogP contribution in [-0.4, -0.2) is 43.3 Å². The van der Waals surface area contributed by atoms with Gasteiger partial charge in [0.15, 0.2) is 5.96 Å². The third-order valence-corrected chi connectivity index (χ3v) is 3.81. The molecule has 3 N–H and O–H groups in total. The molecule has 152 valence electrons. The Labute approximate surface area is 177 Å². The van der Waals surface area contributed by atoms with E-state index in [-0.39, 0.29) is 41.8 Å². The van der Waals surface area contributed by atoms with Crippen LogP contribution in [0.15, 0.2) is 29.3 Å². The highest BCUT2D eigenvalue weighted by atomic mass is 127. The molecule has 2 rings (SSSR count). The van der Waals surface area contributed by atoms with Gasteiger partial charge in [0.05, 0.1) is 6.54 Å². The van der Waals surface area contributed by atoms with Crippen LogP contribution in [0.1, 0.15) is 45.6 Å². The average molecular weight is 492 g/mol. The highest BCUT2D eigenvalue weighted by Crippen LogP contribution is 2.41. The van der Waals surface area contributed by atoms with E-state index in [0.717, 1.165) is 18.5 Å². The van der Waals surface area contributed by atoms with Crippen LogP contribution < -0.4 is 16.0 Å². The largest absolute Gasteiger partial charge is 0.444 e. The monoisotopic (exact) mass is 492 g/mol. The van der Waals surface area contributed by atoms with Crippen LogP contribution in [0.5, 0.6) is 0 Å². The molecule has 0 heterocycles. The van der Waals surface area contributed by atoms with Crippen LogP contribution in [0.4, 0.5) is 9.18 Å². The molecule has 1 aliphatic rings. The minimum Gasteiger partial charge on any atom is -0.444 e. The van der Waals surface area contributed by atoms with Crippen LogP contribution in [0.2, 0.25) is 0 Å². The molecule has 2 unspecified atom stereocenters. The number of carbonyl (C=O) groups excluding carboxylic acids is 1. The lowest BCUT2D eigenvalue weighted by Gasteiger charge is -2.19. The fourth-order valence-electron chi connectivity index (χ4n) is 2.61. The van der Waals surface area contributed by atoms with Crippen LogP contribution in [-0.2, 0) is 4.74 Å². The Hall–Kier alpha value is -1.58. The van der Waals surface area contributed by atoms with E-state index in [0.29, 0.717) is 19.0 Å². The number of amides is 1. The van der Waals surface area contributed by atoms with Crippen molar-refractivity contribution in [3.05, 3.63) is 35.6 Å². The molecule has 0 saturated heterocycles. The standard InChI is InChI=1S/C19H29FN4O2.HI/c1-5-21-17(22-10-11-23-18(25)26-19(2,3)4)24-16-12-14(16)13-8-6-7-9-15(13)20;/h6-9,14,16H,5,10-12H2,1-4H3,(H,23,25)(H2,21,22,24);1H. The second kappa shape index (κ2) is 10.7. The van der Waals surface area contributed by atoms with Gasteiger partial charge in [0.2, 0.25) is 0 Å². The van der Waals surface area contributed by atoms with Crippen molar-refractivity contribution in [2.45, 2.75) is 51.7 Å². The summed E-state index contributed by atoms with van der Waals surface area (Å²) in [6.45, 7) is 8.97. The van der Waals surface area contributed by atoms with Gasteiger partial charge < -0.3 is 20.7 Å². The van der Waals surface area contributed by atoms with E-state index in [9.17, 15) is 9.18 Å². The van der Waals surface area contributed by atoms with Gasteiger partial charge >= 0.3 is 6.09 Å². The van der Waals surface area contributed by atoms with E-state index in [4.69, 9.17) is 4.74 Å². The fourth-order valence-corrected chi connectivity index (χ4v) is 2.61. The van der Waals surface area contributed by atoms with E-state index < -0.39 is 11.7 Å².